The molecule has 5 heteroatoms. The lowest BCUT2D eigenvalue weighted by molar-refractivity contribution is -0.137. The smallest absolute Gasteiger partial charge is 0.319 e. The summed E-state index contributed by atoms with van der Waals surface area (Å²) >= 11 is 0. The minimum absolute atomic E-state index is 0.140. The Labute approximate surface area is 120 Å². The van der Waals surface area contributed by atoms with Gasteiger partial charge in [0.1, 0.15) is 0 Å². The maximum atomic E-state index is 12.4. The van der Waals surface area contributed by atoms with Crippen LogP contribution in [0.5, 0.6) is 0 Å². The van der Waals surface area contributed by atoms with Crippen molar-refractivity contribution in [3.63, 3.8) is 0 Å². The summed E-state index contributed by atoms with van der Waals surface area (Å²) in [5.74, 6) is 0.430. The Hall–Kier alpha value is -1.26. The standard InChI is InChI=1S/C15H26N2O3/c1-11(13-4-5-13)16(2)15(20)17-9-7-12(8-10-17)3-6-14(18)19/h11-13H,3-10H2,1-2H3,(H,18,19). The first-order chi connectivity index (χ1) is 9.49. The molecule has 2 amide bonds. The van der Waals surface area contributed by atoms with E-state index in [9.17, 15) is 9.59 Å². The second-order valence-corrected chi connectivity index (χ2v) is 6.33. The zero-order valence-corrected chi connectivity index (χ0v) is 12.5. The molecule has 1 saturated heterocycles. The highest BCUT2D eigenvalue weighted by Crippen LogP contribution is 2.35. The molecule has 114 valence electrons. The number of aliphatic carboxylic acids is 1. The highest BCUT2D eigenvalue weighted by Gasteiger charge is 2.34. The zero-order chi connectivity index (χ0) is 14.7. The number of likely N-dealkylation sites (tertiary alicyclic amines) is 1. The van der Waals surface area contributed by atoms with E-state index in [2.05, 4.69) is 6.92 Å². The summed E-state index contributed by atoms with van der Waals surface area (Å²) in [5, 5.41) is 8.70. The van der Waals surface area contributed by atoms with Crippen molar-refractivity contribution in [3.05, 3.63) is 0 Å². The van der Waals surface area contributed by atoms with E-state index in [0.29, 0.717) is 17.9 Å². The van der Waals surface area contributed by atoms with Gasteiger partial charge in [-0.15, -0.1) is 0 Å². The number of carboxylic acids is 1. The van der Waals surface area contributed by atoms with Crippen molar-refractivity contribution in [2.24, 2.45) is 11.8 Å². The second kappa shape index (κ2) is 6.46. The van der Waals surface area contributed by atoms with Crippen molar-refractivity contribution in [3.8, 4) is 0 Å². The van der Waals surface area contributed by atoms with Crippen LogP contribution in [0.25, 0.3) is 0 Å². The molecule has 0 aromatic heterocycles. The van der Waals surface area contributed by atoms with Crippen LogP contribution in [-0.4, -0.2) is 53.1 Å². The molecule has 2 fully saturated rings. The highest BCUT2D eigenvalue weighted by molar-refractivity contribution is 5.74. The maximum absolute atomic E-state index is 12.4. The van der Waals surface area contributed by atoms with Crippen LogP contribution in [0, 0.1) is 11.8 Å². The van der Waals surface area contributed by atoms with Gasteiger partial charge in [-0.05, 0) is 50.9 Å². The minimum Gasteiger partial charge on any atom is -0.481 e. The molecule has 0 aromatic carbocycles. The molecule has 0 aromatic rings. The summed E-state index contributed by atoms with van der Waals surface area (Å²) in [5.41, 5.74) is 0. The molecule has 0 spiro atoms. The van der Waals surface area contributed by atoms with Gasteiger partial charge in [0.25, 0.3) is 0 Å². The Kier molecular flexibility index (Phi) is 4.89. The molecular formula is C15H26N2O3. The number of hydrogen-bond acceptors (Lipinski definition) is 2. The number of hydrogen-bond donors (Lipinski definition) is 1. The van der Waals surface area contributed by atoms with Gasteiger partial charge in [0.05, 0.1) is 0 Å². The van der Waals surface area contributed by atoms with Crippen LogP contribution < -0.4 is 0 Å². The number of amides is 2. The Balaban J connectivity index is 1.74. The molecule has 1 unspecified atom stereocenters. The lowest BCUT2D eigenvalue weighted by Gasteiger charge is -2.36. The number of carboxylic acid groups (broad SMARTS) is 1. The Morgan fingerprint density at radius 2 is 1.85 bits per heavy atom. The molecule has 1 aliphatic carbocycles. The van der Waals surface area contributed by atoms with Gasteiger partial charge in [-0.3, -0.25) is 4.79 Å². The molecule has 20 heavy (non-hydrogen) atoms. The van der Waals surface area contributed by atoms with E-state index >= 15 is 0 Å². The average molecular weight is 282 g/mol. The van der Waals surface area contributed by atoms with Crippen molar-refractivity contribution < 1.29 is 14.7 Å². The fourth-order valence-electron chi connectivity index (χ4n) is 3.03. The van der Waals surface area contributed by atoms with Crippen LogP contribution in [0.1, 0.15) is 45.4 Å². The molecule has 0 radical (unpaired) electrons. The third-order valence-electron chi connectivity index (χ3n) is 4.87. The molecule has 2 rings (SSSR count). The van der Waals surface area contributed by atoms with E-state index in [4.69, 9.17) is 5.11 Å². The second-order valence-electron chi connectivity index (χ2n) is 6.33. The molecule has 0 bridgehead atoms. The monoisotopic (exact) mass is 282 g/mol. The van der Waals surface area contributed by atoms with Crippen LogP contribution in [0.2, 0.25) is 0 Å². The SMILES string of the molecule is CC(C1CC1)N(C)C(=O)N1CCC(CCC(=O)O)CC1. The summed E-state index contributed by atoms with van der Waals surface area (Å²) in [4.78, 5) is 26.8. The molecule has 1 aliphatic heterocycles. The first-order valence-electron chi connectivity index (χ1n) is 7.72. The van der Waals surface area contributed by atoms with Crippen LogP contribution in [0.3, 0.4) is 0 Å². The zero-order valence-electron chi connectivity index (χ0n) is 12.5. The average Bonchev–Trinajstić information content (AvgIpc) is 3.28. The third-order valence-corrected chi connectivity index (χ3v) is 4.87. The lowest BCUT2D eigenvalue weighted by atomic mass is 9.92. The van der Waals surface area contributed by atoms with Crippen molar-refractivity contribution in [2.75, 3.05) is 20.1 Å². The van der Waals surface area contributed by atoms with E-state index in [1.807, 2.05) is 16.8 Å². The number of carbonyl (C=O) groups is 2. The molecule has 1 atom stereocenters. The number of nitrogens with zero attached hydrogens (tertiary/aromatic N) is 2. The van der Waals surface area contributed by atoms with Gasteiger partial charge in [-0.25, -0.2) is 4.79 Å². The van der Waals surface area contributed by atoms with Crippen molar-refractivity contribution >= 4 is 12.0 Å². The largest absolute Gasteiger partial charge is 0.481 e. The quantitative estimate of drug-likeness (QED) is 0.842. The predicted octanol–water partition coefficient (Wildman–Crippen LogP) is 2.41. The van der Waals surface area contributed by atoms with Crippen LogP contribution in [0.4, 0.5) is 4.79 Å². The van der Waals surface area contributed by atoms with Gasteiger partial charge in [-0.2, -0.15) is 0 Å². The summed E-state index contributed by atoms with van der Waals surface area (Å²) < 4.78 is 0. The van der Waals surface area contributed by atoms with E-state index in [1.165, 1.54) is 12.8 Å². The van der Waals surface area contributed by atoms with E-state index in [-0.39, 0.29) is 12.5 Å². The maximum Gasteiger partial charge on any atom is 0.319 e. The van der Waals surface area contributed by atoms with Gasteiger partial charge in [0.15, 0.2) is 0 Å². The fourth-order valence-corrected chi connectivity index (χ4v) is 3.03. The molecule has 1 saturated carbocycles. The Morgan fingerprint density at radius 1 is 1.25 bits per heavy atom. The van der Waals surface area contributed by atoms with Gasteiger partial charge >= 0.3 is 12.0 Å². The van der Waals surface area contributed by atoms with Crippen LogP contribution in [-0.2, 0) is 4.79 Å². The van der Waals surface area contributed by atoms with Crippen molar-refractivity contribution in [2.45, 2.75) is 51.5 Å². The first kappa shape index (κ1) is 15.1. The Morgan fingerprint density at radius 3 is 2.35 bits per heavy atom. The Bertz CT molecular complexity index is 360. The first-order valence-corrected chi connectivity index (χ1v) is 7.72. The van der Waals surface area contributed by atoms with Crippen LogP contribution in [0.15, 0.2) is 0 Å². The van der Waals surface area contributed by atoms with Gasteiger partial charge in [0, 0.05) is 32.6 Å². The van der Waals surface area contributed by atoms with E-state index < -0.39 is 5.97 Å². The van der Waals surface area contributed by atoms with Gasteiger partial charge in [0.2, 0.25) is 0 Å². The molecule has 5 nitrogen and oxygen atoms in total. The predicted molar refractivity (Wildman–Crippen MR) is 76.5 cm³/mol. The summed E-state index contributed by atoms with van der Waals surface area (Å²) in [6.45, 7) is 3.67. The molecule has 2 aliphatic rings. The number of carbonyl (C=O) groups excluding carboxylic acids is 1. The fraction of sp³-hybridized carbons (Fsp3) is 0.867. The van der Waals surface area contributed by atoms with Crippen molar-refractivity contribution in [1.82, 2.24) is 9.80 Å². The normalized spacial score (nSPS) is 21.6. The summed E-state index contributed by atoms with van der Waals surface area (Å²) in [6, 6.07) is 0.480. The van der Waals surface area contributed by atoms with Crippen molar-refractivity contribution in [1.29, 1.82) is 0 Å². The summed E-state index contributed by atoms with van der Waals surface area (Å²) in [7, 11) is 1.90. The van der Waals surface area contributed by atoms with Gasteiger partial charge in [-0.1, -0.05) is 0 Å². The molecular weight excluding hydrogens is 256 g/mol. The number of urea groups is 1. The van der Waals surface area contributed by atoms with E-state index in [1.54, 1.807) is 0 Å². The van der Waals surface area contributed by atoms with Crippen LogP contribution >= 0.6 is 0 Å². The number of rotatable bonds is 5. The lowest BCUT2D eigenvalue weighted by Crippen LogP contribution is -2.48. The van der Waals surface area contributed by atoms with Gasteiger partial charge < -0.3 is 14.9 Å². The third kappa shape index (κ3) is 3.87. The number of piperidine rings is 1. The molecule has 1 heterocycles. The minimum atomic E-state index is -0.721. The summed E-state index contributed by atoms with van der Waals surface area (Å²) in [6.07, 6.45) is 5.35. The topological polar surface area (TPSA) is 60.9 Å². The van der Waals surface area contributed by atoms with E-state index in [0.717, 1.165) is 32.4 Å². The molecule has 1 N–H and O–H groups in total. The highest BCUT2D eigenvalue weighted by atomic mass is 16.4.